The predicted molar refractivity (Wildman–Crippen MR) is 85.4 cm³/mol. The summed E-state index contributed by atoms with van der Waals surface area (Å²) in [6.45, 7) is 5.22. The Morgan fingerprint density at radius 2 is 2.22 bits per heavy atom. The number of carbonyl (C=O) groups excluding carboxylic acids is 1. The van der Waals surface area contributed by atoms with Crippen molar-refractivity contribution in [2.24, 2.45) is 0 Å². The number of H-pyrrole nitrogens is 2. The summed E-state index contributed by atoms with van der Waals surface area (Å²) < 4.78 is 0. The maximum atomic E-state index is 12.7. The van der Waals surface area contributed by atoms with E-state index in [0.29, 0.717) is 13.1 Å². The summed E-state index contributed by atoms with van der Waals surface area (Å²) in [5.74, 6) is 0.944. The molecular formula is C16H21N5O2. The molecule has 1 aliphatic rings. The number of rotatable bonds is 3. The zero-order chi connectivity index (χ0) is 16.4. The second-order valence-electron chi connectivity index (χ2n) is 6.27. The van der Waals surface area contributed by atoms with E-state index in [1.807, 2.05) is 19.9 Å². The van der Waals surface area contributed by atoms with E-state index in [4.69, 9.17) is 0 Å². The summed E-state index contributed by atoms with van der Waals surface area (Å²) in [6.07, 6.45) is 3.33. The fourth-order valence-corrected chi connectivity index (χ4v) is 2.96. The first kappa shape index (κ1) is 15.5. The third-order valence-corrected chi connectivity index (χ3v) is 4.31. The molecule has 2 aromatic heterocycles. The van der Waals surface area contributed by atoms with E-state index in [1.165, 1.54) is 6.33 Å². The Balaban J connectivity index is 1.79. The lowest BCUT2D eigenvalue weighted by molar-refractivity contribution is 0.0702. The molecule has 1 unspecified atom stereocenters. The molecule has 0 aliphatic carbocycles. The largest absolute Gasteiger partial charge is 0.338 e. The fourth-order valence-electron chi connectivity index (χ4n) is 2.96. The van der Waals surface area contributed by atoms with Crippen LogP contribution in [0.15, 0.2) is 23.3 Å². The quantitative estimate of drug-likeness (QED) is 0.900. The highest BCUT2D eigenvalue weighted by molar-refractivity contribution is 5.94. The van der Waals surface area contributed by atoms with E-state index < -0.39 is 0 Å². The molecule has 1 saturated heterocycles. The van der Waals surface area contributed by atoms with E-state index >= 15 is 0 Å². The number of aromatic nitrogens is 4. The lowest BCUT2D eigenvalue weighted by Gasteiger charge is -2.31. The van der Waals surface area contributed by atoms with Crippen LogP contribution in [-0.2, 0) is 0 Å². The molecular weight excluding hydrogens is 294 g/mol. The smallest absolute Gasteiger partial charge is 0.261 e. The van der Waals surface area contributed by atoms with Gasteiger partial charge < -0.3 is 9.88 Å². The van der Waals surface area contributed by atoms with Gasteiger partial charge in [0.25, 0.3) is 11.5 Å². The van der Waals surface area contributed by atoms with Gasteiger partial charge >= 0.3 is 0 Å². The van der Waals surface area contributed by atoms with Crippen molar-refractivity contribution >= 4 is 5.91 Å². The van der Waals surface area contributed by atoms with E-state index in [1.54, 1.807) is 11.0 Å². The van der Waals surface area contributed by atoms with Crippen LogP contribution in [0.1, 0.15) is 60.4 Å². The number of pyridine rings is 1. The second kappa shape index (κ2) is 6.36. The Bertz CT molecular complexity index is 735. The summed E-state index contributed by atoms with van der Waals surface area (Å²) in [5, 5.41) is 6.74. The molecule has 1 fully saturated rings. The zero-order valence-electron chi connectivity index (χ0n) is 13.4. The van der Waals surface area contributed by atoms with Crippen molar-refractivity contribution in [1.29, 1.82) is 0 Å². The van der Waals surface area contributed by atoms with E-state index in [9.17, 15) is 9.59 Å². The topological polar surface area (TPSA) is 94.7 Å². The number of piperidine rings is 1. The lowest BCUT2D eigenvalue weighted by Crippen LogP contribution is -2.41. The Labute approximate surface area is 134 Å². The second-order valence-corrected chi connectivity index (χ2v) is 6.27. The van der Waals surface area contributed by atoms with Crippen LogP contribution in [0.2, 0.25) is 0 Å². The van der Waals surface area contributed by atoms with Crippen molar-refractivity contribution in [3.63, 3.8) is 0 Å². The van der Waals surface area contributed by atoms with Gasteiger partial charge in [0.1, 0.15) is 17.7 Å². The van der Waals surface area contributed by atoms with Gasteiger partial charge in [0, 0.05) is 24.7 Å². The van der Waals surface area contributed by atoms with Crippen LogP contribution in [-0.4, -0.2) is 44.1 Å². The van der Waals surface area contributed by atoms with Gasteiger partial charge in [-0.15, -0.1) is 0 Å². The molecule has 1 amide bonds. The molecule has 1 aliphatic heterocycles. The maximum Gasteiger partial charge on any atom is 0.261 e. The van der Waals surface area contributed by atoms with Crippen molar-refractivity contribution in [3.8, 4) is 0 Å². The van der Waals surface area contributed by atoms with Gasteiger partial charge in [-0.3, -0.25) is 14.7 Å². The number of likely N-dealkylation sites (tertiary alicyclic amines) is 1. The minimum atomic E-state index is -0.317. The highest BCUT2D eigenvalue weighted by atomic mass is 16.2. The molecule has 1 atom stereocenters. The summed E-state index contributed by atoms with van der Waals surface area (Å²) in [7, 11) is 0. The van der Waals surface area contributed by atoms with Gasteiger partial charge in [-0.1, -0.05) is 13.8 Å². The lowest BCUT2D eigenvalue weighted by atomic mass is 9.97. The van der Waals surface area contributed by atoms with Crippen LogP contribution in [0.3, 0.4) is 0 Å². The summed E-state index contributed by atoms with van der Waals surface area (Å²) in [5.41, 5.74) is 0.723. The minimum absolute atomic E-state index is 0.143. The van der Waals surface area contributed by atoms with Gasteiger partial charge in [0.2, 0.25) is 0 Å². The highest BCUT2D eigenvalue weighted by Crippen LogP contribution is 2.24. The molecule has 0 aromatic carbocycles. The van der Waals surface area contributed by atoms with Gasteiger partial charge in [0.05, 0.1) is 0 Å². The molecule has 7 heteroatoms. The molecule has 2 aromatic rings. The number of hydrogen-bond acceptors (Lipinski definition) is 4. The Morgan fingerprint density at radius 3 is 2.87 bits per heavy atom. The first-order valence-corrected chi connectivity index (χ1v) is 7.94. The van der Waals surface area contributed by atoms with Gasteiger partial charge in [-0.25, -0.2) is 4.98 Å². The summed E-state index contributed by atoms with van der Waals surface area (Å²) in [6, 6.07) is 3.45. The van der Waals surface area contributed by atoms with Crippen LogP contribution >= 0.6 is 0 Å². The standard InChI is InChI=1S/C16H21N5O2/c1-10(2)13-6-5-12(15(22)19-13)16(23)21-7-3-4-11(8-21)14-17-9-18-20-14/h5-6,9-11H,3-4,7-8H2,1-2H3,(H,19,22)(H,17,18,20). The normalized spacial score (nSPS) is 18.4. The first-order chi connectivity index (χ1) is 11.1. The van der Waals surface area contributed by atoms with Gasteiger partial charge in [-0.2, -0.15) is 5.10 Å². The van der Waals surface area contributed by atoms with Crippen LogP contribution in [0, 0.1) is 0 Å². The van der Waals surface area contributed by atoms with Gasteiger partial charge in [-0.05, 0) is 30.9 Å². The number of aromatic amines is 2. The van der Waals surface area contributed by atoms with E-state index in [0.717, 1.165) is 24.4 Å². The number of nitrogens with zero attached hydrogens (tertiary/aromatic N) is 3. The van der Waals surface area contributed by atoms with Gasteiger partial charge in [0.15, 0.2) is 0 Å². The zero-order valence-corrected chi connectivity index (χ0v) is 13.4. The molecule has 0 radical (unpaired) electrons. The van der Waals surface area contributed by atoms with Crippen molar-refractivity contribution in [1.82, 2.24) is 25.1 Å². The monoisotopic (exact) mass is 315 g/mol. The molecule has 0 saturated carbocycles. The Hall–Kier alpha value is -2.44. The average molecular weight is 315 g/mol. The number of hydrogen-bond donors (Lipinski definition) is 2. The highest BCUT2D eigenvalue weighted by Gasteiger charge is 2.28. The number of carbonyl (C=O) groups is 1. The third-order valence-electron chi connectivity index (χ3n) is 4.31. The molecule has 122 valence electrons. The minimum Gasteiger partial charge on any atom is -0.338 e. The molecule has 3 rings (SSSR count). The van der Waals surface area contributed by atoms with Crippen molar-refractivity contribution < 1.29 is 4.79 Å². The summed E-state index contributed by atoms with van der Waals surface area (Å²) in [4.78, 5) is 33.6. The molecule has 2 N–H and O–H groups in total. The first-order valence-electron chi connectivity index (χ1n) is 7.94. The van der Waals surface area contributed by atoms with Crippen molar-refractivity contribution in [2.75, 3.05) is 13.1 Å². The molecule has 3 heterocycles. The SMILES string of the molecule is CC(C)c1ccc(C(=O)N2CCCC(c3ncn[nH]3)C2)c(=O)[nH]1. The van der Waals surface area contributed by atoms with Crippen LogP contribution in [0.25, 0.3) is 0 Å². The van der Waals surface area contributed by atoms with Crippen LogP contribution in [0.4, 0.5) is 0 Å². The Kier molecular flexibility index (Phi) is 4.27. The number of nitrogens with one attached hydrogen (secondary N) is 2. The van der Waals surface area contributed by atoms with Crippen molar-refractivity contribution in [2.45, 2.75) is 38.5 Å². The van der Waals surface area contributed by atoms with Crippen LogP contribution in [0.5, 0.6) is 0 Å². The Morgan fingerprint density at radius 1 is 1.39 bits per heavy atom. The predicted octanol–water partition coefficient (Wildman–Crippen LogP) is 1.64. The molecule has 0 spiro atoms. The molecule has 7 nitrogen and oxygen atoms in total. The maximum absolute atomic E-state index is 12.7. The average Bonchev–Trinajstić information content (AvgIpc) is 3.08. The van der Waals surface area contributed by atoms with E-state index in [-0.39, 0.29) is 28.9 Å². The molecule has 23 heavy (non-hydrogen) atoms. The van der Waals surface area contributed by atoms with Crippen molar-refractivity contribution in [3.05, 3.63) is 45.9 Å². The fraction of sp³-hybridized carbons (Fsp3) is 0.500. The van der Waals surface area contributed by atoms with Crippen LogP contribution < -0.4 is 5.56 Å². The number of amides is 1. The summed E-state index contributed by atoms with van der Waals surface area (Å²) >= 11 is 0. The molecule has 0 bridgehead atoms. The van der Waals surface area contributed by atoms with E-state index in [2.05, 4.69) is 20.2 Å². The third kappa shape index (κ3) is 3.18.